The Morgan fingerprint density at radius 1 is 1.27 bits per heavy atom. The summed E-state index contributed by atoms with van der Waals surface area (Å²) >= 11 is 0. The molecule has 1 amide bonds. The molecule has 22 heavy (non-hydrogen) atoms. The smallest absolute Gasteiger partial charge is 0.260 e. The van der Waals surface area contributed by atoms with Crippen molar-refractivity contribution in [3.05, 3.63) is 30.3 Å². The number of amides is 1. The summed E-state index contributed by atoms with van der Waals surface area (Å²) in [6.07, 6.45) is 2.77. The highest BCUT2D eigenvalue weighted by Gasteiger charge is 2.23. The average Bonchev–Trinajstić information content (AvgIpc) is 2.51. The summed E-state index contributed by atoms with van der Waals surface area (Å²) in [4.78, 5) is 13.9. The number of para-hydroxylation sites is 1. The van der Waals surface area contributed by atoms with E-state index in [0.29, 0.717) is 25.4 Å². The van der Waals surface area contributed by atoms with Gasteiger partial charge in [0.2, 0.25) is 10.0 Å². The highest BCUT2D eigenvalue weighted by atomic mass is 32.2. The molecule has 7 heteroatoms. The van der Waals surface area contributed by atoms with Gasteiger partial charge in [-0.3, -0.25) is 4.79 Å². The fraction of sp³-hybridized carbons (Fsp3) is 0.533. The second-order valence-electron chi connectivity index (χ2n) is 5.55. The first kappa shape index (κ1) is 16.8. The molecule has 0 radical (unpaired) electrons. The number of ether oxygens (including phenoxy) is 1. The van der Waals surface area contributed by atoms with Gasteiger partial charge in [0.25, 0.3) is 5.91 Å². The van der Waals surface area contributed by atoms with Crippen LogP contribution in [-0.4, -0.2) is 51.7 Å². The number of hydrogen-bond acceptors (Lipinski definition) is 4. The lowest BCUT2D eigenvalue weighted by atomic mass is 9.97. The Morgan fingerprint density at radius 3 is 2.50 bits per heavy atom. The molecule has 1 aliphatic heterocycles. The zero-order chi connectivity index (χ0) is 16.0. The van der Waals surface area contributed by atoms with Crippen molar-refractivity contribution in [2.75, 3.05) is 32.5 Å². The molecular formula is C15H22N2O4S. The molecule has 0 bridgehead atoms. The molecule has 1 aromatic carbocycles. The van der Waals surface area contributed by atoms with E-state index in [4.69, 9.17) is 4.74 Å². The minimum Gasteiger partial charge on any atom is -0.484 e. The number of hydrogen-bond donors (Lipinski definition) is 1. The van der Waals surface area contributed by atoms with Crippen LogP contribution in [0.25, 0.3) is 0 Å². The Kier molecular flexibility index (Phi) is 5.79. The van der Waals surface area contributed by atoms with Gasteiger partial charge in [-0.1, -0.05) is 18.2 Å². The molecule has 0 unspecified atom stereocenters. The third-order valence-electron chi connectivity index (χ3n) is 3.71. The van der Waals surface area contributed by atoms with Crippen molar-refractivity contribution in [1.82, 2.24) is 9.62 Å². The molecule has 1 heterocycles. The third-order valence-corrected chi connectivity index (χ3v) is 4.40. The first-order valence-electron chi connectivity index (χ1n) is 7.34. The van der Waals surface area contributed by atoms with Crippen LogP contribution in [-0.2, 0) is 14.8 Å². The maximum atomic E-state index is 12.1. The summed E-state index contributed by atoms with van der Waals surface area (Å²) in [5, 5.41) is 0. The van der Waals surface area contributed by atoms with E-state index < -0.39 is 10.0 Å². The van der Waals surface area contributed by atoms with Gasteiger partial charge >= 0.3 is 0 Å². The Hall–Kier alpha value is -1.60. The summed E-state index contributed by atoms with van der Waals surface area (Å²) in [7, 11) is -3.14. The molecule has 2 rings (SSSR count). The van der Waals surface area contributed by atoms with Gasteiger partial charge in [0, 0.05) is 19.6 Å². The van der Waals surface area contributed by atoms with E-state index in [0.717, 1.165) is 19.1 Å². The van der Waals surface area contributed by atoms with Crippen molar-refractivity contribution < 1.29 is 17.9 Å². The van der Waals surface area contributed by atoms with Crippen LogP contribution < -0.4 is 9.46 Å². The topological polar surface area (TPSA) is 75.7 Å². The van der Waals surface area contributed by atoms with Crippen LogP contribution in [0.15, 0.2) is 30.3 Å². The lowest BCUT2D eigenvalue weighted by Gasteiger charge is -2.31. The minimum atomic E-state index is -3.14. The van der Waals surface area contributed by atoms with E-state index in [1.807, 2.05) is 30.3 Å². The van der Waals surface area contributed by atoms with E-state index in [1.54, 1.807) is 4.90 Å². The first-order chi connectivity index (χ1) is 10.4. The monoisotopic (exact) mass is 326 g/mol. The van der Waals surface area contributed by atoms with Gasteiger partial charge in [0.05, 0.1) is 6.26 Å². The van der Waals surface area contributed by atoms with E-state index in [2.05, 4.69) is 4.72 Å². The normalized spacial score (nSPS) is 16.5. The number of carbonyl (C=O) groups excluding carboxylic acids is 1. The maximum Gasteiger partial charge on any atom is 0.260 e. The molecule has 0 atom stereocenters. The first-order valence-corrected chi connectivity index (χ1v) is 9.23. The van der Waals surface area contributed by atoms with E-state index in [9.17, 15) is 13.2 Å². The Bertz CT molecular complexity index is 581. The fourth-order valence-corrected chi connectivity index (χ4v) is 2.95. The Labute approximate surface area is 131 Å². The number of piperidine rings is 1. The van der Waals surface area contributed by atoms with E-state index in [1.165, 1.54) is 0 Å². The van der Waals surface area contributed by atoms with Gasteiger partial charge < -0.3 is 9.64 Å². The largest absolute Gasteiger partial charge is 0.484 e. The predicted molar refractivity (Wildman–Crippen MR) is 84.1 cm³/mol. The Balaban J connectivity index is 1.71. The summed E-state index contributed by atoms with van der Waals surface area (Å²) < 4.78 is 30.1. The molecule has 0 saturated carbocycles. The molecule has 0 aromatic heterocycles. The lowest BCUT2D eigenvalue weighted by Crippen LogP contribution is -2.43. The van der Waals surface area contributed by atoms with E-state index in [-0.39, 0.29) is 18.4 Å². The van der Waals surface area contributed by atoms with Gasteiger partial charge in [-0.05, 0) is 30.9 Å². The molecule has 0 aliphatic carbocycles. The van der Waals surface area contributed by atoms with Crippen LogP contribution >= 0.6 is 0 Å². The number of rotatable bonds is 6. The van der Waals surface area contributed by atoms with Gasteiger partial charge in [-0.15, -0.1) is 0 Å². The quantitative estimate of drug-likeness (QED) is 0.841. The molecule has 0 spiro atoms. The second-order valence-corrected chi connectivity index (χ2v) is 7.38. The number of carbonyl (C=O) groups is 1. The van der Waals surface area contributed by atoms with Crippen LogP contribution in [0.1, 0.15) is 12.8 Å². The van der Waals surface area contributed by atoms with Crippen LogP contribution in [0.2, 0.25) is 0 Å². The fourth-order valence-electron chi connectivity index (χ4n) is 2.41. The summed E-state index contributed by atoms with van der Waals surface area (Å²) in [5.74, 6) is 0.940. The molecule has 6 nitrogen and oxygen atoms in total. The predicted octanol–water partition coefficient (Wildman–Crippen LogP) is 0.853. The number of benzene rings is 1. The number of sulfonamides is 1. The summed E-state index contributed by atoms with van der Waals surface area (Å²) in [6.45, 7) is 1.78. The van der Waals surface area contributed by atoms with Crippen molar-refractivity contribution in [1.29, 1.82) is 0 Å². The van der Waals surface area contributed by atoms with Gasteiger partial charge in [0.15, 0.2) is 6.61 Å². The lowest BCUT2D eigenvalue weighted by molar-refractivity contribution is -0.134. The summed E-state index contributed by atoms with van der Waals surface area (Å²) in [6, 6.07) is 9.25. The van der Waals surface area contributed by atoms with Crippen molar-refractivity contribution in [3.63, 3.8) is 0 Å². The van der Waals surface area contributed by atoms with Crippen LogP contribution in [0, 0.1) is 5.92 Å². The van der Waals surface area contributed by atoms with Gasteiger partial charge in [-0.2, -0.15) is 0 Å². The number of likely N-dealkylation sites (tertiary alicyclic amines) is 1. The summed E-state index contributed by atoms with van der Waals surface area (Å²) in [5.41, 5.74) is 0. The standard InChI is InChI=1S/C15H22N2O4S/c1-22(19,20)16-11-13-7-9-17(10-8-13)15(18)12-21-14-5-3-2-4-6-14/h2-6,13,16H,7-12H2,1H3. The Morgan fingerprint density at radius 2 is 1.91 bits per heavy atom. The molecule has 1 saturated heterocycles. The average molecular weight is 326 g/mol. The molecular weight excluding hydrogens is 304 g/mol. The molecule has 1 aromatic rings. The maximum absolute atomic E-state index is 12.1. The number of nitrogens with zero attached hydrogens (tertiary/aromatic N) is 1. The minimum absolute atomic E-state index is 0.0293. The second kappa shape index (κ2) is 7.60. The van der Waals surface area contributed by atoms with Crippen LogP contribution in [0.5, 0.6) is 5.75 Å². The molecule has 1 N–H and O–H groups in total. The van der Waals surface area contributed by atoms with Crippen molar-refractivity contribution >= 4 is 15.9 Å². The highest BCUT2D eigenvalue weighted by Crippen LogP contribution is 2.17. The third kappa shape index (κ3) is 5.65. The van der Waals surface area contributed by atoms with Gasteiger partial charge in [-0.25, -0.2) is 13.1 Å². The highest BCUT2D eigenvalue weighted by molar-refractivity contribution is 7.88. The molecule has 1 aliphatic rings. The molecule has 1 fully saturated rings. The van der Waals surface area contributed by atoms with E-state index >= 15 is 0 Å². The van der Waals surface area contributed by atoms with Crippen LogP contribution in [0.3, 0.4) is 0 Å². The zero-order valence-electron chi connectivity index (χ0n) is 12.7. The van der Waals surface area contributed by atoms with Crippen molar-refractivity contribution in [3.8, 4) is 5.75 Å². The number of nitrogens with one attached hydrogen (secondary N) is 1. The zero-order valence-corrected chi connectivity index (χ0v) is 13.5. The molecule has 122 valence electrons. The van der Waals surface area contributed by atoms with Crippen molar-refractivity contribution in [2.45, 2.75) is 12.8 Å². The SMILES string of the molecule is CS(=O)(=O)NCC1CCN(C(=O)COc2ccccc2)CC1. The van der Waals surface area contributed by atoms with Gasteiger partial charge in [0.1, 0.15) is 5.75 Å². The van der Waals surface area contributed by atoms with Crippen molar-refractivity contribution in [2.24, 2.45) is 5.92 Å². The van der Waals surface area contributed by atoms with Crippen LogP contribution in [0.4, 0.5) is 0 Å².